The highest BCUT2D eigenvalue weighted by Crippen LogP contribution is 2.22. The summed E-state index contributed by atoms with van der Waals surface area (Å²) < 4.78 is 1.83. The van der Waals surface area contributed by atoms with Crippen molar-refractivity contribution in [2.24, 2.45) is 7.05 Å². The lowest BCUT2D eigenvalue weighted by molar-refractivity contribution is 0.298. The van der Waals surface area contributed by atoms with Gasteiger partial charge in [0.05, 0.1) is 11.9 Å². The number of anilines is 1. The highest BCUT2D eigenvalue weighted by molar-refractivity contribution is 9.10. The lowest BCUT2D eigenvalue weighted by atomic mass is 9.95. The van der Waals surface area contributed by atoms with Crippen molar-refractivity contribution in [3.63, 3.8) is 0 Å². The van der Waals surface area contributed by atoms with Gasteiger partial charge in [0, 0.05) is 32.1 Å². The first-order valence-corrected chi connectivity index (χ1v) is 10.5. The second-order valence-electron chi connectivity index (χ2n) is 7.05. The van der Waals surface area contributed by atoms with Crippen LogP contribution in [0.15, 0.2) is 39.7 Å². The van der Waals surface area contributed by atoms with Gasteiger partial charge in [0.15, 0.2) is 0 Å². The quantitative estimate of drug-likeness (QED) is 0.576. The molecule has 0 amide bonds. The molecule has 5 nitrogen and oxygen atoms in total. The van der Waals surface area contributed by atoms with E-state index in [0.29, 0.717) is 16.3 Å². The molecule has 2 atom stereocenters. The summed E-state index contributed by atoms with van der Waals surface area (Å²) in [6.45, 7) is 6.16. The Morgan fingerprint density at radius 3 is 2.56 bits per heavy atom. The number of nitrogens with one attached hydrogen (secondary N) is 1. The van der Waals surface area contributed by atoms with E-state index in [2.05, 4.69) is 76.4 Å². The number of benzene rings is 1. The van der Waals surface area contributed by atoms with Gasteiger partial charge in [-0.25, -0.2) is 4.68 Å². The number of hydrogen-bond acceptors (Lipinski definition) is 4. The van der Waals surface area contributed by atoms with Crippen LogP contribution in [0.4, 0.5) is 5.69 Å². The fourth-order valence-corrected chi connectivity index (χ4v) is 3.84. The zero-order chi connectivity index (χ0) is 20.0. The van der Waals surface area contributed by atoms with Gasteiger partial charge in [-0.3, -0.25) is 4.79 Å². The summed E-state index contributed by atoms with van der Waals surface area (Å²) in [5.41, 5.74) is 3.07. The third-order valence-electron chi connectivity index (χ3n) is 4.70. The monoisotopic (exact) mass is 454 g/mol. The number of aromatic nitrogens is 2. The molecule has 0 saturated heterocycles. The summed E-state index contributed by atoms with van der Waals surface area (Å²) in [6, 6.07) is 8.76. The van der Waals surface area contributed by atoms with Crippen LogP contribution in [0.1, 0.15) is 37.3 Å². The minimum atomic E-state index is -0.146. The minimum absolute atomic E-state index is 0.146. The van der Waals surface area contributed by atoms with Crippen LogP contribution < -0.4 is 10.9 Å². The van der Waals surface area contributed by atoms with Crippen LogP contribution in [0, 0.1) is 0 Å². The number of hydrogen-bond donors (Lipinski definition) is 1. The van der Waals surface area contributed by atoms with Crippen molar-refractivity contribution in [2.45, 2.75) is 38.1 Å². The molecule has 2 rings (SSSR count). The first-order chi connectivity index (χ1) is 12.8. The minimum Gasteiger partial charge on any atom is -0.379 e. The molecular weight excluding hydrogens is 428 g/mol. The number of alkyl halides is 1. The van der Waals surface area contributed by atoms with E-state index in [0.717, 1.165) is 30.8 Å². The third-order valence-corrected chi connectivity index (χ3v) is 5.77. The Balaban J connectivity index is 1.95. The van der Waals surface area contributed by atoms with Crippen molar-refractivity contribution >= 4 is 33.2 Å². The largest absolute Gasteiger partial charge is 0.379 e. The molecule has 0 unspecified atom stereocenters. The van der Waals surface area contributed by atoms with Gasteiger partial charge in [0.1, 0.15) is 4.47 Å². The number of halogens is 2. The predicted molar refractivity (Wildman–Crippen MR) is 117 cm³/mol. The molecule has 1 N–H and O–H groups in total. The normalized spacial score (nSPS) is 13.6. The van der Waals surface area contributed by atoms with Crippen LogP contribution in [0.3, 0.4) is 0 Å². The predicted octanol–water partition coefficient (Wildman–Crippen LogP) is 4.21. The average Bonchev–Trinajstić information content (AvgIpc) is 2.66. The van der Waals surface area contributed by atoms with E-state index in [4.69, 9.17) is 11.6 Å². The highest BCUT2D eigenvalue weighted by atomic mass is 79.9. The van der Waals surface area contributed by atoms with Gasteiger partial charge in [-0.2, -0.15) is 5.10 Å². The molecular formula is C20H28BrClN4O. The number of rotatable bonds is 9. The summed E-state index contributed by atoms with van der Waals surface area (Å²) >= 11 is 9.25. The maximum atomic E-state index is 12.0. The van der Waals surface area contributed by atoms with Crippen molar-refractivity contribution in [1.29, 1.82) is 0 Å². The topological polar surface area (TPSA) is 50.2 Å². The maximum Gasteiger partial charge on any atom is 0.282 e. The lowest BCUT2D eigenvalue weighted by Gasteiger charge is -2.27. The van der Waals surface area contributed by atoms with E-state index < -0.39 is 0 Å². The molecule has 27 heavy (non-hydrogen) atoms. The van der Waals surface area contributed by atoms with Crippen molar-refractivity contribution < 1.29 is 0 Å². The van der Waals surface area contributed by atoms with Gasteiger partial charge in [0.25, 0.3) is 5.56 Å². The van der Waals surface area contributed by atoms with Gasteiger partial charge in [0.2, 0.25) is 0 Å². The molecule has 1 aromatic heterocycles. The van der Waals surface area contributed by atoms with E-state index >= 15 is 0 Å². The molecule has 0 aliphatic carbocycles. The molecule has 0 spiro atoms. The zero-order valence-electron chi connectivity index (χ0n) is 16.4. The molecule has 2 aromatic rings. The maximum absolute atomic E-state index is 12.0. The van der Waals surface area contributed by atoms with Crippen LogP contribution >= 0.6 is 27.5 Å². The molecule has 0 aliphatic heterocycles. The van der Waals surface area contributed by atoms with E-state index in [1.54, 1.807) is 13.2 Å². The molecule has 0 bridgehead atoms. The Labute approximate surface area is 174 Å². The SMILES string of the molecule is CC[C@@H](CN(C)C[C@@H](C)Nc1cnn(C)c(=O)c1Br)c1ccc(CCl)cc1. The van der Waals surface area contributed by atoms with Crippen molar-refractivity contribution in [2.75, 3.05) is 25.5 Å². The molecule has 7 heteroatoms. The average molecular weight is 456 g/mol. The molecule has 1 aromatic carbocycles. The molecule has 148 valence electrons. The standard InChI is InChI=1S/C20H28BrClN4O/c1-5-16(17-8-6-15(10-22)7-9-17)13-25(3)12-14(2)24-18-11-23-26(4)20(27)19(18)21/h6-9,11,14,16,24H,5,10,12-13H2,1-4H3/t14-,16+/m1/s1. The van der Waals surface area contributed by atoms with Gasteiger partial charge in [-0.05, 0) is 53.4 Å². The lowest BCUT2D eigenvalue weighted by Crippen LogP contribution is -2.35. The van der Waals surface area contributed by atoms with Crippen LogP contribution in [-0.2, 0) is 12.9 Å². The van der Waals surface area contributed by atoms with E-state index in [9.17, 15) is 4.79 Å². The van der Waals surface area contributed by atoms with E-state index in [1.165, 1.54) is 10.2 Å². The van der Waals surface area contributed by atoms with Crippen molar-refractivity contribution in [3.05, 3.63) is 56.4 Å². The molecule has 0 aliphatic rings. The molecule has 0 radical (unpaired) electrons. The number of likely N-dealkylation sites (N-methyl/N-ethyl adjacent to an activating group) is 1. The number of aryl methyl sites for hydroxylation is 1. The Hall–Kier alpha value is -1.37. The molecule has 0 saturated carbocycles. The van der Waals surface area contributed by atoms with Gasteiger partial charge in [-0.15, -0.1) is 11.6 Å². The first kappa shape index (κ1) is 21.9. The summed E-state index contributed by atoms with van der Waals surface area (Å²) in [5, 5.41) is 7.45. The van der Waals surface area contributed by atoms with E-state index in [1.807, 2.05) is 0 Å². The molecule has 0 fully saturated rings. The van der Waals surface area contributed by atoms with Crippen molar-refractivity contribution in [1.82, 2.24) is 14.7 Å². The second-order valence-corrected chi connectivity index (χ2v) is 8.11. The van der Waals surface area contributed by atoms with Crippen LogP contribution in [0.2, 0.25) is 0 Å². The van der Waals surface area contributed by atoms with Crippen LogP contribution in [0.5, 0.6) is 0 Å². The third kappa shape index (κ3) is 6.06. The van der Waals surface area contributed by atoms with Gasteiger partial charge >= 0.3 is 0 Å². The Bertz CT molecular complexity index is 794. The fourth-order valence-electron chi connectivity index (χ4n) is 3.19. The highest BCUT2D eigenvalue weighted by Gasteiger charge is 2.15. The summed E-state index contributed by atoms with van der Waals surface area (Å²) in [7, 11) is 3.77. The van der Waals surface area contributed by atoms with Gasteiger partial charge < -0.3 is 10.2 Å². The Morgan fingerprint density at radius 1 is 1.30 bits per heavy atom. The number of nitrogens with zero attached hydrogens (tertiary/aromatic N) is 3. The van der Waals surface area contributed by atoms with E-state index in [-0.39, 0.29) is 11.6 Å². The summed E-state index contributed by atoms with van der Waals surface area (Å²) in [5.74, 6) is 1.02. The summed E-state index contributed by atoms with van der Waals surface area (Å²) in [4.78, 5) is 14.3. The summed E-state index contributed by atoms with van der Waals surface area (Å²) in [6.07, 6.45) is 2.76. The van der Waals surface area contributed by atoms with Crippen LogP contribution in [-0.4, -0.2) is 40.9 Å². The first-order valence-electron chi connectivity index (χ1n) is 9.17. The zero-order valence-corrected chi connectivity index (χ0v) is 18.7. The smallest absolute Gasteiger partial charge is 0.282 e. The molecule has 1 heterocycles. The van der Waals surface area contributed by atoms with Gasteiger partial charge in [-0.1, -0.05) is 31.2 Å². The Kier molecular flexibility index (Phi) is 8.32. The van der Waals surface area contributed by atoms with Crippen molar-refractivity contribution in [3.8, 4) is 0 Å². The Morgan fingerprint density at radius 2 is 1.96 bits per heavy atom. The second kappa shape index (κ2) is 10.2. The van der Waals surface area contributed by atoms with Crippen LogP contribution in [0.25, 0.3) is 0 Å². The fraction of sp³-hybridized carbons (Fsp3) is 0.500.